The number of amides is 1. The van der Waals surface area contributed by atoms with Gasteiger partial charge in [-0.15, -0.1) is 0 Å². The fourth-order valence-electron chi connectivity index (χ4n) is 2.35. The molecule has 1 amide bonds. The van der Waals surface area contributed by atoms with E-state index in [4.69, 9.17) is 5.73 Å². The number of alkyl halides is 3. The van der Waals surface area contributed by atoms with E-state index in [2.05, 4.69) is 5.32 Å². The molecule has 1 aliphatic rings. The van der Waals surface area contributed by atoms with E-state index < -0.39 is 23.3 Å². The SMILES string of the molecule is CC(NC(=O)c1cccc(C(F)(F)F)c1N)C1CCC1. The van der Waals surface area contributed by atoms with Gasteiger partial charge in [-0.25, -0.2) is 0 Å². The van der Waals surface area contributed by atoms with Crippen molar-refractivity contribution in [2.24, 2.45) is 5.92 Å². The average molecular weight is 286 g/mol. The fraction of sp³-hybridized carbons (Fsp3) is 0.500. The maximum atomic E-state index is 12.7. The molecule has 0 saturated heterocycles. The molecule has 3 nitrogen and oxygen atoms in total. The lowest BCUT2D eigenvalue weighted by Gasteiger charge is -2.32. The van der Waals surface area contributed by atoms with Crippen molar-refractivity contribution in [3.63, 3.8) is 0 Å². The van der Waals surface area contributed by atoms with Crippen molar-refractivity contribution in [1.29, 1.82) is 0 Å². The summed E-state index contributed by atoms with van der Waals surface area (Å²) < 4.78 is 38.2. The van der Waals surface area contributed by atoms with Gasteiger partial charge in [-0.05, 0) is 37.8 Å². The van der Waals surface area contributed by atoms with E-state index in [-0.39, 0.29) is 11.6 Å². The zero-order valence-corrected chi connectivity index (χ0v) is 11.1. The van der Waals surface area contributed by atoms with Crippen LogP contribution in [-0.2, 0) is 6.18 Å². The van der Waals surface area contributed by atoms with E-state index in [1.165, 1.54) is 12.1 Å². The Hall–Kier alpha value is -1.72. The Morgan fingerprint density at radius 3 is 2.55 bits per heavy atom. The molecule has 1 unspecified atom stereocenters. The number of rotatable bonds is 3. The number of hydrogen-bond donors (Lipinski definition) is 2. The van der Waals surface area contributed by atoms with E-state index >= 15 is 0 Å². The molecule has 6 heteroatoms. The number of para-hydroxylation sites is 1. The molecule has 2 rings (SSSR count). The maximum Gasteiger partial charge on any atom is 0.418 e. The lowest BCUT2D eigenvalue weighted by molar-refractivity contribution is -0.136. The van der Waals surface area contributed by atoms with Gasteiger partial charge in [-0.1, -0.05) is 12.5 Å². The fourth-order valence-corrected chi connectivity index (χ4v) is 2.35. The van der Waals surface area contributed by atoms with Crippen LogP contribution in [0.15, 0.2) is 18.2 Å². The van der Waals surface area contributed by atoms with Crippen LogP contribution in [0.25, 0.3) is 0 Å². The largest absolute Gasteiger partial charge is 0.418 e. The average Bonchev–Trinajstić information content (AvgIpc) is 2.24. The van der Waals surface area contributed by atoms with Crippen molar-refractivity contribution in [3.8, 4) is 0 Å². The minimum atomic E-state index is -4.56. The molecule has 0 aliphatic heterocycles. The number of carbonyl (C=O) groups is 1. The zero-order valence-electron chi connectivity index (χ0n) is 11.1. The lowest BCUT2D eigenvalue weighted by atomic mass is 9.80. The summed E-state index contributed by atoms with van der Waals surface area (Å²) in [6.07, 6.45) is -1.34. The highest BCUT2D eigenvalue weighted by atomic mass is 19.4. The smallest absolute Gasteiger partial charge is 0.398 e. The van der Waals surface area contributed by atoms with E-state index in [1.807, 2.05) is 6.92 Å². The molecule has 1 aliphatic carbocycles. The molecule has 0 heterocycles. The molecule has 20 heavy (non-hydrogen) atoms. The lowest BCUT2D eigenvalue weighted by Crippen LogP contribution is -2.41. The van der Waals surface area contributed by atoms with Gasteiger partial charge in [-0.2, -0.15) is 13.2 Å². The van der Waals surface area contributed by atoms with Gasteiger partial charge in [0.1, 0.15) is 0 Å². The van der Waals surface area contributed by atoms with Crippen LogP contribution in [0.1, 0.15) is 42.1 Å². The molecule has 1 atom stereocenters. The number of hydrogen-bond acceptors (Lipinski definition) is 2. The number of anilines is 1. The third-order valence-corrected chi connectivity index (χ3v) is 3.87. The number of nitrogens with one attached hydrogen (secondary N) is 1. The molecule has 110 valence electrons. The summed E-state index contributed by atoms with van der Waals surface area (Å²) in [5.41, 5.74) is 3.88. The molecule has 1 saturated carbocycles. The van der Waals surface area contributed by atoms with Gasteiger partial charge in [0.25, 0.3) is 5.91 Å². The molecule has 0 radical (unpaired) electrons. The molecule has 0 spiro atoms. The first-order valence-electron chi connectivity index (χ1n) is 6.57. The van der Waals surface area contributed by atoms with Crippen molar-refractivity contribution in [2.45, 2.75) is 38.4 Å². The number of carbonyl (C=O) groups excluding carboxylic acids is 1. The van der Waals surface area contributed by atoms with E-state index in [9.17, 15) is 18.0 Å². The van der Waals surface area contributed by atoms with Crippen LogP contribution < -0.4 is 11.1 Å². The second-order valence-electron chi connectivity index (χ2n) is 5.22. The van der Waals surface area contributed by atoms with E-state index in [0.29, 0.717) is 5.92 Å². The van der Waals surface area contributed by atoms with Gasteiger partial charge in [0.2, 0.25) is 0 Å². The van der Waals surface area contributed by atoms with Crippen LogP contribution in [-0.4, -0.2) is 11.9 Å². The monoisotopic (exact) mass is 286 g/mol. The standard InChI is InChI=1S/C14H17F3N2O/c1-8(9-4-2-5-9)19-13(20)10-6-3-7-11(12(10)18)14(15,16)17/h3,6-9H,2,4-5,18H2,1H3,(H,19,20). The van der Waals surface area contributed by atoms with Crippen LogP contribution in [0.2, 0.25) is 0 Å². The zero-order chi connectivity index (χ0) is 14.9. The van der Waals surface area contributed by atoms with Gasteiger partial charge < -0.3 is 11.1 Å². The maximum absolute atomic E-state index is 12.7. The van der Waals surface area contributed by atoms with Gasteiger partial charge >= 0.3 is 6.18 Å². The first-order valence-corrected chi connectivity index (χ1v) is 6.57. The van der Waals surface area contributed by atoms with Crippen LogP contribution >= 0.6 is 0 Å². The second kappa shape index (κ2) is 5.34. The molecular weight excluding hydrogens is 269 g/mol. The van der Waals surface area contributed by atoms with Crippen molar-refractivity contribution in [1.82, 2.24) is 5.32 Å². The Morgan fingerprint density at radius 1 is 1.40 bits per heavy atom. The Labute approximate surface area is 115 Å². The first kappa shape index (κ1) is 14.7. The topological polar surface area (TPSA) is 55.1 Å². The highest BCUT2D eigenvalue weighted by molar-refractivity contribution is 6.00. The Kier molecular flexibility index (Phi) is 3.92. The molecule has 1 fully saturated rings. The molecule has 1 aromatic carbocycles. The van der Waals surface area contributed by atoms with Crippen LogP contribution in [0.3, 0.4) is 0 Å². The minimum absolute atomic E-state index is 0.0507. The highest BCUT2D eigenvalue weighted by Crippen LogP contribution is 2.35. The Bertz CT molecular complexity index is 510. The summed E-state index contributed by atoms with van der Waals surface area (Å²) in [4.78, 5) is 12.0. The first-order chi connectivity index (χ1) is 9.30. The van der Waals surface area contributed by atoms with Gasteiger partial charge in [0, 0.05) is 6.04 Å². The Balaban J connectivity index is 2.17. The summed E-state index contributed by atoms with van der Waals surface area (Å²) in [5, 5.41) is 2.73. The number of halogens is 3. The predicted molar refractivity (Wildman–Crippen MR) is 70.1 cm³/mol. The predicted octanol–water partition coefficient (Wildman–Crippen LogP) is 3.21. The molecule has 0 bridgehead atoms. The molecule has 0 aromatic heterocycles. The number of nitrogen functional groups attached to an aromatic ring is 1. The van der Waals surface area contributed by atoms with Gasteiger partial charge in [-0.3, -0.25) is 4.79 Å². The van der Waals surface area contributed by atoms with Crippen LogP contribution in [0.4, 0.5) is 18.9 Å². The molecule has 1 aromatic rings. The third kappa shape index (κ3) is 2.89. The van der Waals surface area contributed by atoms with Gasteiger partial charge in [0.05, 0.1) is 16.8 Å². The van der Waals surface area contributed by atoms with Crippen molar-refractivity contribution in [3.05, 3.63) is 29.3 Å². The summed E-state index contributed by atoms with van der Waals surface area (Å²) in [7, 11) is 0. The summed E-state index contributed by atoms with van der Waals surface area (Å²) >= 11 is 0. The van der Waals surface area contributed by atoms with Crippen LogP contribution in [0.5, 0.6) is 0 Å². The minimum Gasteiger partial charge on any atom is -0.398 e. The number of nitrogens with two attached hydrogens (primary N) is 1. The van der Waals surface area contributed by atoms with E-state index in [1.54, 1.807) is 0 Å². The summed E-state index contributed by atoms with van der Waals surface area (Å²) in [6.45, 7) is 1.87. The van der Waals surface area contributed by atoms with Crippen molar-refractivity contribution in [2.75, 3.05) is 5.73 Å². The van der Waals surface area contributed by atoms with E-state index in [0.717, 1.165) is 25.3 Å². The summed E-state index contributed by atoms with van der Waals surface area (Å²) in [6, 6.07) is 3.34. The van der Waals surface area contributed by atoms with Crippen molar-refractivity contribution < 1.29 is 18.0 Å². The normalized spacial score (nSPS) is 17.4. The molecular formula is C14H17F3N2O. The summed E-state index contributed by atoms with van der Waals surface area (Å²) in [5.74, 6) is -0.140. The number of benzene rings is 1. The Morgan fingerprint density at radius 2 is 2.05 bits per heavy atom. The quantitative estimate of drug-likeness (QED) is 0.838. The third-order valence-electron chi connectivity index (χ3n) is 3.87. The van der Waals surface area contributed by atoms with Crippen molar-refractivity contribution >= 4 is 11.6 Å². The van der Waals surface area contributed by atoms with Gasteiger partial charge in [0.15, 0.2) is 0 Å². The highest BCUT2D eigenvalue weighted by Gasteiger charge is 2.34. The van der Waals surface area contributed by atoms with Crippen LogP contribution in [0, 0.1) is 5.92 Å². The second-order valence-corrected chi connectivity index (χ2v) is 5.22. The molecule has 3 N–H and O–H groups in total.